The fourth-order valence-electron chi connectivity index (χ4n) is 2.30. The number of ether oxygens (including phenoxy) is 1. The molecule has 10 heteroatoms. The van der Waals surface area contributed by atoms with E-state index in [9.17, 15) is 27.6 Å². The van der Waals surface area contributed by atoms with Gasteiger partial charge in [0.2, 0.25) is 0 Å². The van der Waals surface area contributed by atoms with Crippen molar-refractivity contribution in [1.29, 1.82) is 0 Å². The maximum atomic E-state index is 12.3. The van der Waals surface area contributed by atoms with E-state index in [0.717, 1.165) is 16.1 Å². The van der Waals surface area contributed by atoms with E-state index in [1.807, 2.05) is 13.0 Å². The number of nitrogens with one attached hydrogen (secondary N) is 2. The molecule has 0 aliphatic carbocycles. The van der Waals surface area contributed by atoms with E-state index < -0.39 is 30.6 Å². The van der Waals surface area contributed by atoms with E-state index in [-0.39, 0.29) is 11.3 Å². The highest BCUT2D eigenvalue weighted by molar-refractivity contribution is 9.10. The molecule has 0 atom stereocenters. The molecule has 2 amide bonds. The van der Waals surface area contributed by atoms with Gasteiger partial charge in [0.1, 0.15) is 0 Å². The Labute approximate surface area is 172 Å². The van der Waals surface area contributed by atoms with Gasteiger partial charge in [-0.25, -0.2) is 4.79 Å². The van der Waals surface area contributed by atoms with Gasteiger partial charge in [0, 0.05) is 15.8 Å². The number of carbonyl (C=O) groups excluding carboxylic acids is 3. The zero-order valence-electron chi connectivity index (χ0n) is 15.1. The first-order chi connectivity index (χ1) is 13.6. The molecule has 0 saturated carbocycles. The van der Waals surface area contributed by atoms with Gasteiger partial charge >= 0.3 is 18.1 Å². The van der Waals surface area contributed by atoms with Gasteiger partial charge in [-0.05, 0) is 48.4 Å². The minimum Gasteiger partial charge on any atom is -0.452 e. The molecule has 0 heterocycles. The molecule has 0 aliphatic heterocycles. The Balaban J connectivity index is 1.96. The summed E-state index contributed by atoms with van der Waals surface area (Å²) in [6, 6.07) is 10.1. The van der Waals surface area contributed by atoms with Crippen molar-refractivity contribution in [2.45, 2.75) is 19.5 Å². The number of carbonyl (C=O) groups is 3. The van der Waals surface area contributed by atoms with Gasteiger partial charge in [0.25, 0.3) is 5.91 Å². The van der Waals surface area contributed by atoms with E-state index in [1.165, 1.54) is 18.2 Å². The molecule has 29 heavy (non-hydrogen) atoms. The molecular weight excluding hydrogens is 457 g/mol. The average Bonchev–Trinajstić information content (AvgIpc) is 2.67. The molecule has 154 valence electrons. The van der Waals surface area contributed by atoms with Crippen LogP contribution in [0.2, 0.25) is 0 Å². The molecule has 0 saturated heterocycles. The number of aryl methyl sites for hydroxylation is 1. The first-order valence-corrected chi connectivity index (χ1v) is 9.13. The third-order valence-corrected chi connectivity index (χ3v) is 4.16. The summed E-state index contributed by atoms with van der Waals surface area (Å²) >= 11 is 3.34. The SMILES string of the molecule is CCc1cc(Br)ccc1NC(=O)COC(=O)c1cccc(NC(=O)C(F)(F)F)c1. The molecule has 0 aliphatic rings. The van der Waals surface area contributed by atoms with E-state index in [0.29, 0.717) is 12.1 Å². The monoisotopic (exact) mass is 472 g/mol. The first-order valence-electron chi connectivity index (χ1n) is 8.33. The molecule has 0 radical (unpaired) electrons. The summed E-state index contributed by atoms with van der Waals surface area (Å²) in [5, 5.41) is 4.27. The quantitative estimate of drug-likeness (QED) is 0.613. The summed E-state index contributed by atoms with van der Waals surface area (Å²) in [5.74, 6) is -3.66. The second kappa shape index (κ2) is 9.55. The van der Waals surface area contributed by atoms with Crippen LogP contribution in [-0.2, 0) is 20.7 Å². The predicted octanol–water partition coefficient (Wildman–Crippen LogP) is 4.31. The van der Waals surface area contributed by atoms with Gasteiger partial charge in [-0.1, -0.05) is 28.9 Å². The van der Waals surface area contributed by atoms with Crippen LogP contribution in [0.1, 0.15) is 22.8 Å². The third-order valence-electron chi connectivity index (χ3n) is 3.67. The van der Waals surface area contributed by atoms with Crippen molar-refractivity contribution < 1.29 is 32.3 Å². The molecule has 0 bridgehead atoms. The van der Waals surface area contributed by atoms with Gasteiger partial charge in [-0.2, -0.15) is 13.2 Å². The molecule has 0 unspecified atom stereocenters. The summed E-state index contributed by atoms with van der Waals surface area (Å²) in [7, 11) is 0. The minimum absolute atomic E-state index is 0.115. The van der Waals surface area contributed by atoms with Gasteiger partial charge in [0.15, 0.2) is 6.61 Å². The Hall–Kier alpha value is -2.88. The lowest BCUT2D eigenvalue weighted by Crippen LogP contribution is -2.30. The van der Waals surface area contributed by atoms with Gasteiger partial charge < -0.3 is 15.4 Å². The number of rotatable bonds is 6. The maximum Gasteiger partial charge on any atom is 0.471 e. The van der Waals surface area contributed by atoms with Crippen LogP contribution in [-0.4, -0.2) is 30.6 Å². The summed E-state index contributed by atoms with van der Waals surface area (Å²) in [6.45, 7) is 1.33. The smallest absolute Gasteiger partial charge is 0.452 e. The van der Waals surface area contributed by atoms with E-state index in [4.69, 9.17) is 4.74 Å². The number of halogens is 4. The molecule has 2 N–H and O–H groups in total. The zero-order valence-corrected chi connectivity index (χ0v) is 16.7. The predicted molar refractivity (Wildman–Crippen MR) is 104 cm³/mol. The Bertz CT molecular complexity index is 932. The van der Waals surface area contributed by atoms with Crippen molar-refractivity contribution in [2.75, 3.05) is 17.2 Å². The molecule has 0 spiro atoms. The Morgan fingerprint density at radius 3 is 2.45 bits per heavy atom. The van der Waals surface area contributed by atoms with E-state index in [1.54, 1.807) is 17.4 Å². The molecule has 0 fully saturated rings. The summed E-state index contributed by atoms with van der Waals surface area (Å²) in [5.41, 5.74) is 1.12. The largest absolute Gasteiger partial charge is 0.471 e. The van der Waals surface area contributed by atoms with Crippen molar-refractivity contribution in [1.82, 2.24) is 0 Å². The van der Waals surface area contributed by atoms with Crippen molar-refractivity contribution in [2.24, 2.45) is 0 Å². The summed E-state index contributed by atoms with van der Waals surface area (Å²) in [4.78, 5) is 35.1. The second-order valence-electron chi connectivity index (χ2n) is 5.81. The lowest BCUT2D eigenvalue weighted by Gasteiger charge is -2.11. The lowest BCUT2D eigenvalue weighted by molar-refractivity contribution is -0.167. The van der Waals surface area contributed by atoms with Gasteiger partial charge in [-0.3, -0.25) is 9.59 Å². The number of esters is 1. The van der Waals surface area contributed by atoms with Crippen molar-refractivity contribution >= 4 is 45.1 Å². The minimum atomic E-state index is -5.06. The first kappa shape index (κ1) is 22.4. The normalized spacial score (nSPS) is 10.9. The number of benzene rings is 2. The number of anilines is 2. The van der Waals surface area contributed by atoms with E-state index >= 15 is 0 Å². The van der Waals surface area contributed by atoms with Crippen molar-refractivity contribution in [3.05, 3.63) is 58.1 Å². The number of hydrogen-bond donors (Lipinski definition) is 2. The van der Waals surface area contributed by atoms with Crippen LogP contribution in [0.5, 0.6) is 0 Å². The average molecular weight is 473 g/mol. The van der Waals surface area contributed by atoms with Crippen LogP contribution in [0.25, 0.3) is 0 Å². The van der Waals surface area contributed by atoms with Crippen molar-refractivity contribution in [3.8, 4) is 0 Å². The van der Waals surface area contributed by atoms with Crippen LogP contribution in [0.3, 0.4) is 0 Å². The van der Waals surface area contributed by atoms with Crippen LogP contribution >= 0.6 is 15.9 Å². The fraction of sp³-hybridized carbons (Fsp3) is 0.211. The number of amides is 2. The Morgan fingerprint density at radius 1 is 1.07 bits per heavy atom. The van der Waals surface area contributed by atoms with Crippen LogP contribution in [0.15, 0.2) is 46.9 Å². The third kappa shape index (κ3) is 6.60. The summed E-state index contributed by atoms with van der Waals surface area (Å²) < 4.78 is 42.7. The lowest BCUT2D eigenvalue weighted by atomic mass is 10.1. The highest BCUT2D eigenvalue weighted by Crippen LogP contribution is 2.22. The molecule has 6 nitrogen and oxygen atoms in total. The molecule has 2 aromatic carbocycles. The molecule has 0 aromatic heterocycles. The second-order valence-corrected chi connectivity index (χ2v) is 6.73. The van der Waals surface area contributed by atoms with Crippen LogP contribution < -0.4 is 10.6 Å². The van der Waals surface area contributed by atoms with Crippen LogP contribution in [0.4, 0.5) is 24.5 Å². The van der Waals surface area contributed by atoms with Gasteiger partial charge in [-0.15, -0.1) is 0 Å². The van der Waals surface area contributed by atoms with Crippen LogP contribution in [0, 0.1) is 0 Å². The Morgan fingerprint density at radius 2 is 1.79 bits per heavy atom. The zero-order chi connectivity index (χ0) is 21.6. The Kier molecular flexibility index (Phi) is 7.38. The highest BCUT2D eigenvalue weighted by atomic mass is 79.9. The molecule has 2 aromatic rings. The topological polar surface area (TPSA) is 84.5 Å². The highest BCUT2D eigenvalue weighted by Gasteiger charge is 2.38. The number of alkyl halides is 3. The molecule has 2 rings (SSSR count). The summed E-state index contributed by atoms with van der Waals surface area (Å²) in [6.07, 6.45) is -4.38. The van der Waals surface area contributed by atoms with Gasteiger partial charge in [0.05, 0.1) is 5.56 Å². The van der Waals surface area contributed by atoms with Crippen molar-refractivity contribution in [3.63, 3.8) is 0 Å². The standard InChI is InChI=1S/C19H16BrF3N2O4/c1-2-11-8-13(20)6-7-15(11)25-16(26)10-29-17(27)12-4-3-5-14(9-12)24-18(28)19(21,22)23/h3-9H,2,10H2,1H3,(H,24,28)(H,25,26). The number of hydrogen-bond acceptors (Lipinski definition) is 4. The maximum absolute atomic E-state index is 12.3. The fourth-order valence-corrected chi connectivity index (χ4v) is 2.71. The molecular formula is C19H16BrF3N2O4. The van der Waals surface area contributed by atoms with E-state index in [2.05, 4.69) is 21.2 Å².